The zero-order valence-corrected chi connectivity index (χ0v) is 18.8. The molecular formula is C26H30N2O5. The number of carbonyl (C=O) groups excluding carboxylic acids is 2. The van der Waals surface area contributed by atoms with E-state index in [1.54, 1.807) is 6.92 Å². The number of carbonyl (C=O) groups is 3. The minimum absolute atomic E-state index is 0.0225. The molecule has 3 N–H and O–H groups in total. The Morgan fingerprint density at radius 3 is 2.18 bits per heavy atom. The van der Waals surface area contributed by atoms with Gasteiger partial charge in [0.1, 0.15) is 6.61 Å². The minimum Gasteiger partial charge on any atom is -0.481 e. The number of carboxylic acid groups (broad SMARTS) is 1. The lowest BCUT2D eigenvalue weighted by atomic mass is 9.75. The summed E-state index contributed by atoms with van der Waals surface area (Å²) < 4.78 is 5.58. The number of carboxylic acids is 1. The SMILES string of the molecule is C[C@@H](CC(=O)O)NC(=O)C(CNC(=O)OCC1c2ccccc2-c2ccccc21)C1CCC1. The van der Waals surface area contributed by atoms with Crippen LogP contribution >= 0.6 is 0 Å². The fourth-order valence-corrected chi connectivity index (χ4v) is 4.82. The van der Waals surface area contributed by atoms with Gasteiger partial charge >= 0.3 is 12.1 Å². The normalized spacial score (nSPS) is 16.6. The number of ether oxygens (including phenoxy) is 1. The van der Waals surface area contributed by atoms with Crippen molar-refractivity contribution in [2.24, 2.45) is 11.8 Å². The van der Waals surface area contributed by atoms with Crippen molar-refractivity contribution in [1.82, 2.24) is 10.6 Å². The van der Waals surface area contributed by atoms with Gasteiger partial charge in [-0.2, -0.15) is 0 Å². The molecule has 0 aromatic heterocycles. The number of nitrogens with one attached hydrogen (secondary N) is 2. The van der Waals surface area contributed by atoms with Gasteiger partial charge in [-0.15, -0.1) is 0 Å². The number of rotatable bonds is 9. The Morgan fingerprint density at radius 1 is 1.03 bits per heavy atom. The van der Waals surface area contributed by atoms with E-state index < -0.39 is 24.0 Å². The maximum Gasteiger partial charge on any atom is 0.407 e. The molecule has 33 heavy (non-hydrogen) atoms. The van der Waals surface area contributed by atoms with Crippen molar-refractivity contribution < 1.29 is 24.2 Å². The highest BCUT2D eigenvalue weighted by Crippen LogP contribution is 2.44. The molecule has 7 nitrogen and oxygen atoms in total. The molecule has 2 aromatic rings. The van der Waals surface area contributed by atoms with E-state index in [2.05, 4.69) is 34.9 Å². The molecule has 2 aliphatic carbocycles. The number of amides is 2. The van der Waals surface area contributed by atoms with Crippen LogP contribution in [-0.4, -0.2) is 42.3 Å². The van der Waals surface area contributed by atoms with E-state index in [9.17, 15) is 14.4 Å². The van der Waals surface area contributed by atoms with E-state index in [4.69, 9.17) is 9.84 Å². The van der Waals surface area contributed by atoms with Gasteiger partial charge in [0.25, 0.3) is 0 Å². The van der Waals surface area contributed by atoms with Gasteiger partial charge in [0.2, 0.25) is 5.91 Å². The van der Waals surface area contributed by atoms with Crippen LogP contribution in [0.15, 0.2) is 48.5 Å². The molecule has 0 radical (unpaired) electrons. The monoisotopic (exact) mass is 450 g/mol. The summed E-state index contributed by atoms with van der Waals surface area (Å²) in [5, 5.41) is 14.5. The molecule has 2 aliphatic rings. The summed E-state index contributed by atoms with van der Waals surface area (Å²) >= 11 is 0. The molecule has 4 rings (SSSR count). The molecule has 1 fully saturated rings. The number of aliphatic carboxylic acids is 1. The highest BCUT2D eigenvalue weighted by molar-refractivity contribution is 5.81. The zero-order valence-electron chi connectivity index (χ0n) is 18.8. The van der Waals surface area contributed by atoms with Crippen molar-refractivity contribution in [1.29, 1.82) is 0 Å². The number of hydrogen-bond donors (Lipinski definition) is 3. The standard InChI is InChI=1S/C26H30N2O5/c1-16(13-24(29)30)28-25(31)22(17-7-6-8-17)14-27-26(32)33-15-23-20-11-4-2-9-18(20)19-10-3-5-12-21(19)23/h2-5,9-12,16-17,22-23H,6-8,13-15H2,1H3,(H,27,32)(H,28,31)(H,29,30)/t16-,22?/m0/s1. The van der Waals surface area contributed by atoms with Crippen molar-refractivity contribution in [2.75, 3.05) is 13.2 Å². The lowest BCUT2D eigenvalue weighted by Crippen LogP contribution is -2.47. The van der Waals surface area contributed by atoms with Gasteiger partial charge in [-0.05, 0) is 47.9 Å². The van der Waals surface area contributed by atoms with Crippen molar-refractivity contribution in [2.45, 2.75) is 44.6 Å². The maximum atomic E-state index is 12.7. The molecule has 7 heteroatoms. The first-order valence-electron chi connectivity index (χ1n) is 11.5. The quantitative estimate of drug-likeness (QED) is 0.537. The van der Waals surface area contributed by atoms with Gasteiger partial charge in [0, 0.05) is 18.5 Å². The molecule has 174 valence electrons. The predicted octanol–water partition coefficient (Wildman–Crippen LogP) is 3.92. The van der Waals surface area contributed by atoms with Crippen LogP contribution < -0.4 is 10.6 Å². The average Bonchev–Trinajstić information content (AvgIpc) is 3.07. The number of alkyl carbamates (subject to hydrolysis) is 1. The van der Waals surface area contributed by atoms with Crippen LogP contribution in [0.1, 0.15) is 49.7 Å². The average molecular weight is 451 g/mol. The van der Waals surface area contributed by atoms with Crippen LogP contribution in [0.5, 0.6) is 0 Å². The number of benzene rings is 2. The fourth-order valence-electron chi connectivity index (χ4n) is 4.82. The molecule has 1 unspecified atom stereocenters. The zero-order chi connectivity index (χ0) is 23.4. The first-order chi connectivity index (χ1) is 15.9. The molecule has 0 bridgehead atoms. The number of fused-ring (bicyclic) bond motifs is 3. The predicted molar refractivity (Wildman–Crippen MR) is 124 cm³/mol. The van der Waals surface area contributed by atoms with Crippen molar-refractivity contribution in [3.8, 4) is 11.1 Å². The first-order valence-corrected chi connectivity index (χ1v) is 11.5. The maximum absolute atomic E-state index is 12.7. The number of hydrogen-bond acceptors (Lipinski definition) is 4. The Labute approximate surface area is 193 Å². The van der Waals surface area contributed by atoms with Gasteiger partial charge in [0.05, 0.1) is 12.3 Å². The summed E-state index contributed by atoms with van der Waals surface area (Å²) in [7, 11) is 0. The van der Waals surface area contributed by atoms with E-state index in [-0.39, 0.29) is 37.3 Å². The van der Waals surface area contributed by atoms with Gasteiger partial charge in [-0.1, -0.05) is 55.0 Å². The van der Waals surface area contributed by atoms with Gasteiger partial charge < -0.3 is 20.5 Å². The Bertz CT molecular complexity index is 987. The van der Waals surface area contributed by atoms with Gasteiger partial charge in [-0.3, -0.25) is 9.59 Å². The third-order valence-corrected chi connectivity index (χ3v) is 6.74. The molecule has 0 heterocycles. The summed E-state index contributed by atoms with van der Waals surface area (Å²) in [4.78, 5) is 36.1. The molecule has 2 atom stereocenters. The van der Waals surface area contributed by atoms with Crippen LogP contribution in [0, 0.1) is 11.8 Å². The fraction of sp³-hybridized carbons (Fsp3) is 0.423. The van der Waals surface area contributed by atoms with Crippen molar-refractivity contribution >= 4 is 18.0 Å². The summed E-state index contributed by atoms with van der Waals surface area (Å²) in [5.41, 5.74) is 4.62. The molecule has 2 amide bonds. The van der Waals surface area contributed by atoms with Gasteiger partial charge in [-0.25, -0.2) is 4.79 Å². The van der Waals surface area contributed by atoms with E-state index in [1.807, 2.05) is 24.3 Å². The highest BCUT2D eigenvalue weighted by Gasteiger charge is 2.34. The smallest absolute Gasteiger partial charge is 0.407 e. The Hall–Kier alpha value is -3.35. The summed E-state index contributed by atoms with van der Waals surface area (Å²) in [6.07, 6.45) is 2.23. The van der Waals surface area contributed by atoms with Crippen LogP contribution in [0.2, 0.25) is 0 Å². The van der Waals surface area contributed by atoms with Crippen LogP contribution in [-0.2, 0) is 14.3 Å². The second-order valence-corrected chi connectivity index (χ2v) is 9.01. The molecule has 2 aromatic carbocycles. The first kappa shape index (κ1) is 22.8. The van der Waals surface area contributed by atoms with Crippen molar-refractivity contribution in [3.05, 3.63) is 59.7 Å². The Morgan fingerprint density at radius 2 is 1.64 bits per heavy atom. The largest absolute Gasteiger partial charge is 0.481 e. The van der Waals surface area contributed by atoms with E-state index in [1.165, 1.54) is 11.1 Å². The minimum atomic E-state index is -0.959. The molecule has 0 saturated heterocycles. The third kappa shape index (κ3) is 5.18. The summed E-state index contributed by atoms with van der Waals surface area (Å²) in [6, 6.07) is 15.8. The van der Waals surface area contributed by atoms with Gasteiger partial charge in [0.15, 0.2) is 0 Å². The Balaban J connectivity index is 1.33. The molecule has 0 aliphatic heterocycles. The second kappa shape index (κ2) is 10.1. The van der Waals surface area contributed by atoms with Crippen molar-refractivity contribution in [3.63, 3.8) is 0 Å². The second-order valence-electron chi connectivity index (χ2n) is 9.01. The topological polar surface area (TPSA) is 105 Å². The Kier molecular flexibility index (Phi) is 6.96. The summed E-state index contributed by atoms with van der Waals surface area (Å²) in [5.74, 6) is -1.40. The van der Waals surface area contributed by atoms with Crippen LogP contribution in [0.4, 0.5) is 4.79 Å². The molecular weight excluding hydrogens is 420 g/mol. The van der Waals surface area contributed by atoms with E-state index in [0.29, 0.717) is 0 Å². The molecule has 0 spiro atoms. The lowest BCUT2D eigenvalue weighted by Gasteiger charge is -2.33. The highest BCUT2D eigenvalue weighted by atomic mass is 16.5. The van der Waals surface area contributed by atoms with Crippen LogP contribution in [0.25, 0.3) is 11.1 Å². The summed E-state index contributed by atoms with van der Waals surface area (Å²) in [6.45, 7) is 2.06. The third-order valence-electron chi connectivity index (χ3n) is 6.74. The van der Waals surface area contributed by atoms with E-state index >= 15 is 0 Å². The lowest BCUT2D eigenvalue weighted by molar-refractivity contribution is -0.137. The van der Waals surface area contributed by atoms with Crippen LogP contribution in [0.3, 0.4) is 0 Å². The molecule has 1 saturated carbocycles. The van der Waals surface area contributed by atoms with E-state index in [0.717, 1.165) is 30.4 Å².